The molecule has 2 aromatic rings. The van der Waals surface area contributed by atoms with Crippen LogP contribution in [-0.4, -0.2) is 17.1 Å². The fourth-order valence-electron chi connectivity index (χ4n) is 1.69. The topological polar surface area (TPSA) is 74.4 Å². The molecule has 0 radical (unpaired) electrons. The van der Waals surface area contributed by atoms with Crippen LogP contribution >= 0.6 is 39.1 Å². The molecule has 0 spiro atoms. The maximum Gasteiger partial charge on any atom is 0.347 e. The lowest BCUT2D eigenvalue weighted by molar-refractivity contribution is -0.152. The van der Waals surface area contributed by atoms with Gasteiger partial charge in [0.2, 0.25) is 11.8 Å². The number of halogens is 4. The molecule has 0 aliphatic heterocycles. The molecule has 0 aliphatic carbocycles. The Morgan fingerprint density at radius 2 is 2.04 bits per heavy atom. The second-order valence-corrected chi connectivity index (χ2v) is 6.32. The number of ether oxygens (including phenoxy) is 2. The fraction of sp³-hybridized carbons (Fsp3) is 0.200. The molecule has 2 rings (SSSR count). The number of hydrogen-bond acceptors (Lipinski definition) is 5. The van der Waals surface area contributed by atoms with Crippen LogP contribution in [0.1, 0.15) is 12.5 Å². The van der Waals surface area contributed by atoms with Crippen molar-refractivity contribution in [3.63, 3.8) is 0 Å². The molecule has 2 N–H and O–H groups in total. The minimum Gasteiger partial charge on any atom is -0.461 e. The lowest BCUT2D eigenvalue weighted by atomic mass is 10.2. The molecule has 0 saturated carbocycles. The van der Waals surface area contributed by atoms with Gasteiger partial charge in [-0.05, 0) is 13.0 Å². The number of pyridine rings is 1. The molecular formula is C15H12BrCl2FN2O3. The maximum absolute atomic E-state index is 13.5. The van der Waals surface area contributed by atoms with Crippen LogP contribution in [0.4, 0.5) is 10.1 Å². The van der Waals surface area contributed by atoms with E-state index in [0.717, 1.165) is 10.0 Å². The quantitative estimate of drug-likeness (QED) is 0.554. The van der Waals surface area contributed by atoms with Crippen LogP contribution in [0.3, 0.4) is 0 Å². The van der Waals surface area contributed by atoms with Crippen LogP contribution < -0.4 is 10.5 Å². The smallest absolute Gasteiger partial charge is 0.347 e. The summed E-state index contributed by atoms with van der Waals surface area (Å²) in [7, 11) is 0. The van der Waals surface area contributed by atoms with Crippen molar-refractivity contribution in [3.8, 4) is 5.88 Å². The Labute approximate surface area is 156 Å². The van der Waals surface area contributed by atoms with Crippen molar-refractivity contribution in [1.29, 1.82) is 0 Å². The third-order valence-electron chi connectivity index (χ3n) is 2.99. The number of hydrogen-bond donors (Lipinski definition) is 1. The Morgan fingerprint density at radius 3 is 2.71 bits per heavy atom. The molecular weight excluding hydrogens is 426 g/mol. The highest BCUT2D eigenvalue weighted by molar-refractivity contribution is 9.10. The Kier molecular flexibility index (Phi) is 6.26. The zero-order chi connectivity index (χ0) is 17.9. The minimum atomic E-state index is -1.07. The van der Waals surface area contributed by atoms with E-state index < -0.39 is 23.0 Å². The van der Waals surface area contributed by atoms with Crippen molar-refractivity contribution in [2.24, 2.45) is 0 Å². The average molecular weight is 438 g/mol. The molecule has 128 valence electrons. The van der Waals surface area contributed by atoms with E-state index in [1.54, 1.807) is 6.07 Å². The van der Waals surface area contributed by atoms with Crippen LogP contribution in [-0.2, 0) is 16.1 Å². The SMILES string of the molecule is C[C@@H](Oc1nc(F)c(Cl)c(N)c1Cl)C(=O)OCc1ccccc1Br. The summed E-state index contributed by atoms with van der Waals surface area (Å²) in [6.07, 6.45) is -1.07. The zero-order valence-electron chi connectivity index (χ0n) is 12.4. The summed E-state index contributed by atoms with van der Waals surface area (Å²) in [5.41, 5.74) is 6.12. The molecule has 1 atom stereocenters. The molecule has 0 aliphatic rings. The van der Waals surface area contributed by atoms with Crippen molar-refractivity contribution in [3.05, 3.63) is 50.3 Å². The Bertz CT molecular complexity index is 777. The summed E-state index contributed by atoms with van der Waals surface area (Å²) in [5, 5.41) is -0.580. The molecule has 0 saturated heterocycles. The summed E-state index contributed by atoms with van der Waals surface area (Å²) in [4.78, 5) is 15.4. The first-order valence-corrected chi connectivity index (χ1v) is 8.22. The van der Waals surface area contributed by atoms with Crippen LogP contribution in [0.5, 0.6) is 5.88 Å². The van der Waals surface area contributed by atoms with Crippen LogP contribution in [0.2, 0.25) is 10.0 Å². The van der Waals surface area contributed by atoms with Gasteiger partial charge < -0.3 is 15.2 Å². The molecule has 9 heteroatoms. The van der Waals surface area contributed by atoms with Gasteiger partial charge in [-0.3, -0.25) is 0 Å². The molecule has 1 heterocycles. The number of anilines is 1. The highest BCUT2D eigenvalue weighted by Crippen LogP contribution is 2.35. The summed E-state index contributed by atoms with van der Waals surface area (Å²) in [5.74, 6) is -2.04. The van der Waals surface area contributed by atoms with Gasteiger partial charge in [0.05, 0.1) is 5.69 Å². The lowest BCUT2D eigenvalue weighted by Gasteiger charge is -2.15. The Balaban J connectivity index is 2.03. The van der Waals surface area contributed by atoms with Gasteiger partial charge in [0.25, 0.3) is 0 Å². The van der Waals surface area contributed by atoms with Gasteiger partial charge in [0.15, 0.2) is 6.10 Å². The number of benzene rings is 1. The molecule has 0 fully saturated rings. The number of esters is 1. The normalized spacial score (nSPS) is 11.9. The number of nitrogens with zero attached hydrogens (tertiary/aromatic N) is 1. The summed E-state index contributed by atoms with van der Waals surface area (Å²) < 4.78 is 24.7. The first kappa shape index (κ1) is 18.8. The number of carbonyl (C=O) groups is 1. The van der Waals surface area contributed by atoms with Gasteiger partial charge in [-0.2, -0.15) is 9.37 Å². The largest absolute Gasteiger partial charge is 0.461 e. The van der Waals surface area contributed by atoms with E-state index in [1.165, 1.54) is 6.92 Å². The van der Waals surface area contributed by atoms with Gasteiger partial charge in [-0.25, -0.2) is 4.79 Å². The summed E-state index contributed by atoms with van der Waals surface area (Å²) in [6, 6.07) is 7.29. The molecule has 0 bridgehead atoms. The number of aromatic nitrogens is 1. The van der Waals surface area contributed by atoms with Crippen molar-refractivity contribution in [1.82, 2.24) is 4.98 Å². The fourth-order valence-corrected chi connectivity index (χ4v) is 2.45. The van der Waals surface area contributed by atoms with Crippen molar-refractivity contribution >= 4 is 50.8 Å². The van der Waals surface area contributed by atoms with Crippen molar-refractivity contribution in [2.45, 2.75) is 19.6 Å². The van der Waals surface area contributed by atoms with E-state index in [1.807, 2.05) is 18.2 Å². The summed E-state index contributed by atoms with van der Waals surface area (Å²) >= 11 is 14.8. The van der Waals surface area contributed by atoms with E-state index >= 15 is 0 Å². The third kappa shape index (κ3) is 4.28. The Morgan fingerprint density at radius 1 is 1.38 bits per heavy atom. The van der Waals surface area contributed by atoms with Gasteiger partial charge in [0.1, 0.15) is 16.7 Å². The first-order chi connectivity index (χ1) is 11.3. The highest BCUT2D eigenvalue weighted by atomic mass is 79.9. The second kappa shape index (κ2) is 8.00. The molecule has 1 aromatic carbocycles. The predicted octanol–water partition coefficient (Wildman–Crippen LogP) is 4.38. The van der Waals surface area contributed by atoms with E-state index in [2.05, 4.69) is 20.9 Å². The average Bonchev–Trinajstić information content (AvgIpc) is 2.56. The first-order valence-electron chi connectivity index (χ1n) is 6.68. The number of nitrogen functional groups attached to an aromatic ring is 1. The van der Waals surface area contributed by atoms with E-state index in [-0.39, 0.29) is 23.2 Å². The van der Waals surface area contributed by atoms with Gasteiger partial charge in [0, 0.05) is 10.0 Å². The standard InChI is InChI=1S/C15H12BrCl2FN2O3/c1-7(15(22)23-6-8-4-2-3-5-9(8)16)24-14-11(18)12(20)10(17)13(19)21-14/h2-5,7H,6H2,1H3,(H2,20,21)/t7-/m1/s1. The van der Waals surface area contributed by atoms with Gasteiger partial charge >= 0.3 is 5.97 Å². The highest BCUT2D eigenvalue weighted by Gasteiger charge is 2.22. The molecule has 0 unspecified atom stereocenters. The summed E-state index contributed by atoms with van der Waals surface area (Å²) in [6.45, 7) is 1.47. The molecule has 1 aromatic heterocycles. The Hall–Kier alpha value is -1.57. The monoisotopic (exact) mass is 436 g/mol. The van der Waals surface area contributed by atoms with Gasteiger partial charge in [-0.1, -0.05) is 57.3 Å². The third-order valence-corrected chi connectivity index (χ3v) is 4.49. The minimum absolute atomic E-state index is 0.0479. The van der Waals surface area contributed by atoms with E-state index in [9.17, 15) is 9.18 Å². The predicted molar refractivity (Wildman–Crippen MR) is 92.7 cm³/mol. The van der Waals surface area contributed by atoms with Crippen molar-refractivity contribution in [2.75, 3.05) is 5.73 Å². The zero-order valence-corrected chi connectivity index (χ0v) is 15.5. The number of nitrogens with two attached hydrogens (primary N) is 1. The van der Waals surface area contributed by atoms with Crippen LogP contribution in [0.25, 0.3) is 0 Å². The molecule has 5 nitrogen and oxygen atoms in total. The maximum atomic E-state index is 13.5. The molecule has 24 heavy (non-hydrogen) atoms. The van der Waals surface area contributed by atoms with Crippen LogP contribution in [0, 0.1) is 5.95 Å². The van der Waals surface area contributed by atoms with Gasteiger partial charge in [-0.15, -0.1) is 0 Å². The number of rotatable bonds is 5. The lowest BCUT2D eigenvalue weighted by Crippen LogP contribution is -2.26. The van der Waals surface area contributed by atoms with Crippen molar-refractivity contribution < 1.29 is 18.7 Å². The molecule has 0 amide bonds. The number of carbonyl (C=O) groups excluding carboxylic acids is 1. The second-order valence-electron chi connectivity index (χ2n) is 4.71. The van der Waals surface area contributed by atoms with E-state index in [4.69, 9.17) is 38.4 Å². The van der Waals surface area contributed by atoms with E-state index in [0.29, 0.717) is 0 Å². The van der Waals surface area contributed by atoms with Crippen LogP contribution in [0.15, 0.2) is 28.7 Å².